The predicted molar refractivity (Wildman–Crippen MR) is 132 cm³/mol. The number of rotatable bonds is 5. The van der Waals surface area contributed by atoms with Crippen LogP contribution in [0.3, 0.4) is 0 Å². The highest BCUT2D eigenvalue weighted by molar-refractivity contribution is 5.78. The second-order valence-corrected chi connectivity index (χ2v) is 9.52. The molecule has 0 bridgehead atoms. The van der Waals surface area contributed by atoms with E-state index in [1.807, 2.05) is 41.3 Å². The van der Waals surface area contributed by atoms with Crippen molar-refractivity contribution >= 4 is 11.7 Å². The average molecular weight is 445 g/mol. The largest absolute Gasteiger partial charge is 0.484 e. The van der Waals surface area contributed by atoms with Gasteiger partial charge in [-0.1, -0.05) is 57.2 Å². The fourth-order valence-corrected chi connectivity index (χ4v) is 3.97. The predicted octanol–water partition coefficient (Wildman–Crippen LogP) is 4.48. The summed E-state index contributed by atoms with van der Waals surface area (Å²) in [5, 5.41) is 8.87. The molecule has 0 atom stereocenters. The van der Waals surface area contributed by atoms with Gasteiger partial charge < -0.3 is 14.5 Å². The lowest BCUT2D eigenvalue weighted by Gasteiger charge is -2.35. The van der Waals surface area contributed by atoms with Crippen molar-refractivity contribution in [1.29, 1.82) is 0 Å². The van der Waals surface area contributed by atoms with Crippen LogP contribution in [0.4, 0.5) is 5.82 Å². The fraction of sp³-hybridized carbons (Fsp3) is 0.370. The Kier molecular flexibility index (Phi) is 6.63. The lowest BCUT2D eigenvalue weighted by Crippen LogP contribution is -2.50. The number of benzene rings is 2. The van der Waals surface area contributed by atoms with E-state index < -0.39 is 0 Å². The number of piperazine rings is 1. The van der Waals surface area contributed by atoms with Crippen molar-refractivity contribution in [1.82, 2.24) is 15.1 Å². The van der Waals surface area contributed by atoms with Crippen molar-refractivity contribution in [2.75, 3.05) is 37.7 Å². The number of aromatic nitrogens is 2. The van der Waals surface area contributed by atoms with Crippen molar-refractivity contribution in [3.8, 4) is 17.0 Å². The monoisotopic (exact) mass is 444 g/mol. The van der Waals surface area contributed by atoms with Crippen molar-refractivity contribution in [2.24, 2.45) is 0 Å². The van der Waals surface area contributed by atoms with Crippen molar-refractivity contribution in [2.45, 2.75) is 33.1 Å². The van der Waals surface area contributed by atoms with Gasteiger partial charge in [-0.2, -0.15) is 0 Å². The van der Waals surface area contributed by atoms with Gasteiger partial charge in [0.05, 0.1) is 5.69 Å². The van der Waals surface area contributed by atoms with E-state index in [1.165, 1.54) is 11.1 Å². The molecule has 0 spiro atoms. The highest BCUT2D eigenvalue weighted by atomic mass is 16.5. The first-order valence-corrected chi connectivity index (χ1v) is 11.5. The number of ether oxygens (including phenoxy) is 1. The maximum atomic E-state index is 12.6. The van der Waals surface area contributed by atoms with Crippen LogP contribution in [0.15, 0.2) is 60.7 Å². The van der Waals surface area contributed by atoms with E-state index in [0.717, 1.165) is 35.9 Å². The Morgan fingerprint density at radius 2 is 1.61 bits per heavy atom. The average Bonchev–Trinajstić information content (AvgIpc) is 2.83. The summed E-state index contributed by atoms with van der Waals surface area (Å²) in [6, 6.07) is 20.2. The molecule has 0 N–H and O–H groups in total. The Bertz CT molecular complexity index is 1080. The van der Waals surface area contributed by atoms with Crippen LogP contribution in [0.1, 0.15) is 31.9 Å². The van der Waals surface area contributed by atoms with E-state index in [1.54, 1.807) is 0 Å². The Hall–Kier alpha value is -3.41. The highest BCUT2D eigenvalue weighted by Gasteiger charge is 2.22. The van der Waals surface area contributed by atoms with Gasteiger partial charge in [-0.3, -0.25) is 4.79 Å². The maximum Gasteiger partial charge on any atom is 0.260 e. The number of hydrogen-bond donors (Lipinski definition) is 0. The van der Waals surface area contributed by atoms with Crippen LogP contribution in [0, 0.1) is 6.92 Å². The molecule has 0 unspecified atom stereocenters. The molecule has 6 nitrogen and oxygen atoms in total. The van der Waals surface area contributed by atoms with E-state index in [0.29, 0.717) is 13.1 Å². The van der Waals surface area contributed by atoms with Crippen LogP contribution in [-0.4, -0.2) is 53.8 Å². The van der Waals surface area contributed by atoms with Crippen LogP contribution in [0.2, 0.25) is 0 Å². The van der Waals surface area contributed by atoms with Crippen molar-refractivity contribution in [3.63, 3.8) is 0 Å². The molecule has 0 aliphatic carbocycles. The lowest BCUT2D eigenvalue weighted by molar-refractivity contribution is -0.133. The third-order valence-electron chi connectivity index (χ3n) is 6.11. The number of aryl methyl sites for hydroxylation is 1. The Morgan fingerprint density at radius 1 is 0.909 bits per heavy atom. The lowest BCUT2D eigenvalue weighted by atomic mass is 9.87. The molecular formula is C27H32N4O2. The van der Waals surface area contributed by atoms with E-state index in [-0.39, 0.29) is 17.9 Å². The minimum absolute atomic E-state index is 0.00975. The molecule has 2 heterocycles. The fourth-order valence-electron chi connectivity index (χ4n) is 3.97. The quantitative estimate of drug-likeness (QED) is 0.581. The molecule has 0 saturated carbocycles. The molecule has 1 saturated heterocycles. The van der Waals surface area contributed by atoms with Gasteiger partial charge >= 0.3 is 0 Å². The number of nitrogens with zero attached hydrogens (tertiary/aromatic N) is 4. The van der Waals surface area contributed by atoms with Crippen molar-refractivity contribution in [3.05, 3.63) is 71.8 Å². The summed E-state index contributed by atoms with van der Waals surface area (Å²) in [5.74, 6) is 1.57. The molecule has 3 aromatic rings. The molecule has 6 heteroatoms. The molecule has 1 aliphatic heterocycles. The molecule has 1 fully saturated rings. The standard InChI is InChI=1S/C27H32N4O2/c1-20-7-5-6-8-23(20)24-13-14-25(29-28-24)30-15-17-31(18-16-30)26(32)19-33-22-11-9-21(10-12-22)27(2,3)4/h5-14H,15-19H2,1-4H3. The molecule has 1 aromatic heterocycles. The number of hydrogen-bond acceptors (Lipinski definition) is 5. The van der Waals surface area contributed by atoms with Crippen LogP contribution < -0.4 is 9.64 Å². The third kappa shape index (κ3) is 5.51. The Morgan fingerprint density at radius 3 is 2.21 bits per heavy atom. The summed E-state index contributed by atoms with van der Waals surface area (Å²) in [6.07, 6.45) is 0. The number of carbonyl (C=O) groups is 1. The van der Waals surface area contributed by atoms with E-state index in [2.05, 4.69) is 67.1 Å². The topological polar surface area (TPSA) is 58.6 Å². The van der Waals surface area contributed by atoms with Gasteiger partial charge in [-0.05, 0) is 47.7 Å². The van der Waals surface area contributed by atoms with Gasteiger partial charge in [0.15, 0.2) is 12.4 Å². The molecule has 0 radical (unpaired) electrons. The smallest absolute Gasteiger partial charge is 0.260 e. The van der Waals surface area contributed by atoms with Crippen LogP contribution in [0.25, 0.3) is 11.3 Å². The number of amides is 1. The highest BCUT2D eigenvalue weighted by Crippen LogP contribution is 2.25. The zero-order valence-corrected chi connectivity index (χ0v) is 19.9. The molecule has 33 heavy (non-hydrogen) atoms. The summed E-state index contributed by atoms with van der Waals surface area (Å²) in [6.45, 7) is 11.4. The SMILES string of the molecule is Cc1ccccc1-c1ccc(N2CCN(C(=O)COc3ccc(C(C)(C)C)cc3)CC2)nn1. The van der Waals surface area contributed by atoms with Gasteiger partial charge in [-0.15, -0.1) is 10.2 Å². The molecule has 4 rings (SSSR count). The summed E-state index contributed by atoms with van der Waals surface area (Å²) in [7, 11) is 0. The Balaban J connectivity index is 1.28. The van der Waals surface area contributed by atoms with Gasteiger partial charge in [0.2, 0.25) is 0 Å². The minimum Gasteiger partial charge on any atom is -0.484 e. The van der Waals surface area contributed by atoms with E-state index >= 15 is 0 Å². The summed E-state index contributed by atoms with van der Waals surface area (Å²) >= 11 is 0. The molecule has 1 amide bonds. The van der Waals surface area contributed by atoms with Gasteiger partial charge in [0.1, 0.15) is 5.75 Å². The second kappa shape index (κ2) is 9.61. The summed E-state index contributed by atoms with van der Waals surface area (Å²) < 4.78 is 5.74. The zero-order valence-electron chi connectivity index (χ0n) is 19.9. The van der Waals surface area contributed by atoms with Crippen LogP contribution in [-0.2, 0) is 10.2 Å². The normalized spacial score (nSPS) is 14.3. The van der Waals surface area contributed by atoms with Gasteiger partial charge in [0, 0.05) is 31.7 Å². The van der Waals surface area contributed by atoms with Gasteiger partial charge in [-0.25, -0.2) is 0 Å². The number of carbonyl (C=O) groups excluding carboxylic acids is 1. The van der Waals surface area contributed by atoms with Crippen LogP contribution >= 0.6 is 0 Å². The Labute approximate surface area is 196 Å². The zero-order chi connectivity index (χ0) is 23.4. The van der Waals surface area contributed by atoms with Crippen molar-refractivity contribution < 1.29 is 9.53 Å². The summed E-state index contributed by atoms with van der Waals surface area (Å²) in [5.41, 5.74) is 4.49. The van der Waals surface area contributed by atoms with E-state index in [9.17, 15) is 4.79 Å². The first kappa shape index (κ1) is 22.8. The molecule has 2 aromatic carbocycles. The molecule has 1 aliphatic rings. The number of anilines is 1. The van der Waals surface area contributed by atoms with E-state index in [4.69, 9.17) is 4.74 Å². The first-order chi connectivity index (χ1) is 15.8. The molecular weight excluding hydrogens is 412 g/mol. The minimum atomic E-state index is 0.00975. The second-order valence-electron chi connectivity index (χ2n) is 9.52. The summed E-state index contributed by atoms with van der Waals surface area (Å²) in [4.78, 5) is 16.7. The molecule has 172 valence electrons. The third-order valence-corrected chi connectivity index (χ3v) is 6.11. The maximum absolute atomic E-state index is 12.6. The first-order valence-electron chi connectivity index (χ1n) is 11.5. The van der Waals surface area contributed by atoms with Crippen LogP contribution in [0.5, 0.6) is 5.75 Å². The van der Waals surface area contributed by atoms with Gasteiger partial charge in [0.25, 0.3) is 5.91 Å².